The van der Waals surface area contributed by atoms with Gasteiger partial charge in [0.05, 0.1) is 17.3 Å². The second kappa shape index (κ2) is 7.77. The predicted molar refractivity (Wildman–Crippen MR) is 98.5 cm³/mol. The number of likely N-dealkylation sites (tertiary alicyclic amines) is 1. The van der Waals surface area contributed by atoms with Gasteiger partial charge in [-0.2, -0.15) is 5.10 Å². The fourth-order valence-corrected chi connectivity index (χ4v) is 3.44. The predicted octanol–water partition coefficient (Wildman–Crippen LogP) is 2.20. The Morgan fingerprint density at radius 3 is 2.74 bits per heavy atom. The molecule has 1 aliphatic rings. The van der Waals surface area contributed by atoms with Gasteiger partial charge in [0.2, 0.25) is 5.91 Å². The number of carbonyl (C=O) groups excluding carboxylic acids is 2. The van der Waals surface area contributed by atoms with Gasteiger partial charge in [-0.15, -0.1) is 0 Å². The maximum Gasteiger partial charge on any atom is 0.317 e. The van der Waals surface area contributed by atoms with E-state index in [-0.39, 0.29) is 17.8 Å². The van der Waals surface area contributed by atoms with E-state index in [1.165, 1.54) is 12.1 Å². The molecule has 27 heavy (non-hydrogen) atoms. The van der Waals surface area contributed by atoms with Gasteiger partial charge in [-0.1, -0.05) is 6.92 Å². The summed E-state index contributed by atoms with van der Waals surface area (Å²) in [5.41, 5.74) is 6.50. The molecule has 0 unspecified atom stereocenters. The van der Waals surface area contributed by atoms with Gasteiger partial charge >= 0.3 is 6.03 Å². The van der Waals surface area contributed by atoms with Gasteiger partial charge in [-0.05, 0) is 43.5 Å². The summed E-state index contributed by atoms with van der Waals surface area (Å²) in [5.74, 6) is -0.651. The maximum atomic E-state index is 13.0. The Morgan fingerprint density at radius 2 is 2.07 bits per heavy atom. The zero-order valence-electron chi connectivity index (χ0n) is 15.3. The number of amides is 3. The molecular weight excluding hydrogens is 349 g/mol. The van der Waals surface area contributed by atoms with Gasteiger partial charge in [0.15, 0.2) is 0 Å². The maximum absolute atomic E-state index is 13.0. The number of nitrogens with two attached hydrogens (primary N) is 1. The van der Waals surface area contributed by atoms with E-state index in [1.807, 2.05) is 6.92 Å². The lowest BCUT2D eigenvalue weighted by Crippen LogP contribution is -2.54. The average Bonchev–Trinajstić information content (AvgIpc) is 3.15. The van der Waals surface area contributed by atoms with Crippen LogP contribution in [0.5, 0.6) is 0 Å². The number of hydrogen-bond donors (Lipinski definition) is 2. The molecule has 3 amide bonds. The number of halogens is 1. The standard InChI is InChI=1S/C19H24FN5O2/c1-2-19(17(21)26)8-3-9-24(13-19)18(27)22-10-14-11-23-25(12-14)16-6-4-15(20)5-7-16/h4-7,11-12H,2-3,8-10,13H2,1H3,(H2,21,26)(H,22,27)/t19-/m0/s1. The summed E-state index contributed by atoms with van der Waals surface area (Å²) in [6.45, 7) is 3.19. The van der Waals surface area contributed by atoms with Gasteiger partial charge in [0, 0.05) is 31.4 Å². The summed E-state index contributed by atoms with van der Waals surface area (Å²) in [6.07, 6.45) is 5.53. The van der Waals surface area contributed by atoms with Gasteiger partial charge in [-0.3, -0.25) is 4.79 Å². The van der Waals surface area contributed by atoms with E-state index in [2.05, 4.69) is 10.4 Å². The molecule has 3 rings (SSSR count). The van der Waals surface area contributed by atoms with Crippen LogP contribution < -0.4 is 11.1 Å². The molecular formula is C19H24FN5O2. The van der Waals surface area contributed by atoms with Gasteiger partial charge in [0.25, 0.3) is 0 Å². The summed E-state index contributed by atoms with van der Waals surface area (Å²) >= 11 is 0. The smallest absolute Gasteiger partial charge is 0.317 e. The Hall–Kier alpha value is -2.90. The highest BCUT2D eigenvalue weighted by Gasteiger charge is 2.40. The Bertz CT molecular complexity index is 820. The number of carbonyl (C=O) groups is 2. The molecule has 0 aliphatic carbocycles. The third kappa shape index (κ3) is 4.10. The lowest BCUT2D eigenvalue weighted by molar-refractivity contribution is -0.130. The lowest BCUT2D eigenvalue weighted by Gasteiger charge is -2.40. The average molecular weight is 373 g/mol. The normalized spacial score (nSPS) is 19.7. The zero-order chi connectivity index (χ0) is 19.4. The van der Waals surface area contributed by atoms with E-state index >= 15 is 0 Å². The van der Waals surface area contributed by atoms with Crippen molar-refractivity contribution in [3.8, 4) is 5.69 Å². The molecule has 1 atom stereocenters. The van der Waals surface area contributed by atoms with E-state index in [0.717, 1.165) is 17.7 Å². The topological polar surface area (TPSA) is 93.2 Å². The van der Waals surface area contributed by atoms with Crippen molar-refractivity contribution in [2.45, 2.75) is 32.7 Å². The van der Waals surface area contributed by atoms with Crippen molar-refractivity contribution in [1.29, 1.82) is 0 Å². The molecule has 1 saturated heterocycles. The van der Waals surface area contributed by atoms with Crippen molar-refractivity contribution in [2.75, 3.05) is 13.1 Å². The van der Waals surface area contributed by atoms with Crippen molar-refractivity contribution in [1.82, 2.24) is 20.0 Å². The molecule has 2 aromatic rings. The van der Waals surface area contributed by atoms with Gasteiger partial charge < -0.3 is 16.0 Å². The molecule has 2 heterocycles. The molecule has 0 spiro atoms. The number of benzene rings is 1. The number of rotatable bonds is 5. The largest absolute Gasteiger partial charge is 0.369 e. The van der Waals surface area contributed by atoms with Crippen molar-refractivity contribution >= 4 is 11.9 Å². The van der Waals surface area contributed by atoms with E-state index in [4.69, 9.17) is 5.73 Å². The quantitative estimate of drug-likeness (QED) is 0.841. The highest BCUT2D eigenvalue weighted by atomic mass is 19.1. The second-order valence-corrected chi connectivity index (χ2v) is 6.95. The third-order valence-corrected chi connectivity index (χ3v) is 5.23. The molecule has 1 aliphatic heterocycles. The molecule has 7 nitrogen and oxygen atoms in total. The van der Waals surface area contributed by atoms with Crippen LogP contribution in [0.3, 0.4) is 0 Å². The number of nitrogens with zero attached hydrogens (tertiary/aromatic N) is 3. The Balaban J connectivity index is 1.59. The number of nitrogens with one attached hydrogen (secondary N) is 1. The van der Waals surface area contributed by atoms with Crippen molar-refractivity contribution < 1.29 is 14.0 Å². The minimum Gasteiger partial charge on any atom is -0.369 e. The fourth-order valence-electron chi connectivity index (χ4n) is 3.44. The summed E-state index contributed by atoms with van der Waals surface area (Å²) < 4.78 is 14.6. The highest BCUT2D eigenvalue weighted by Crippen LogP contribution is 2.33. The number of aromatic nitrogens is 2. The molecule has 1 fully saturated rings. The van der Waals surface area contributed by atoms with E-state index in [1.54, 1.807) is 34.1 Å². The molecule has 0 saturated carbocycles. The number of primary amides is 1. The van der Waals surface area contributed by atoms with Gasteiger partial charge in [0.1, 0.15) is 5.82 Å². The molecule has 8 heteroatoms. The SMILES string of the molecule is CC[C@]1(C(N)=O)CCCN(C(=O)NCc2cnn(-c3ccc(F)cc3)c2)C1. The summed E-state index contributed by atoms with van der Waals surface area (Å²) in [7, 11) is 0. The molecule has 144 valence electrons. The Labute approximate surface area is 157 Å². The van der Waals surface area contributed by atoms with E-state index < -0.39 is 5.41 Å². The van der Waals surface area contributed by atoms with E-state index in [0.29, 0.717) is 32.5 Å². The van der Waals surface area contributed by atoms with Crippen LogP contribution in [-0.2, 0) is 11.3 Å². The number of piperidine rings is 1. The van der Waals surface area contributed by atoms with Crippen LogP contribution in [0.2, 0.25) is 0 Å². The molecule has 1 aromatic heterocycles. The minimum atomic E-state index is -0.636. The van der Waals surface area contributed by atoms with Crippen LogP contribution in [0, 0.1) is 11.2 Å². The zero-order valence-corrected chi connectivity index (χ0v) is 15.3. The summed E-state index contributed by atoms with van der Waals surface area (Å²) in [6, 6.07) is 5.78. The molecule has 0 radical (unpaired) electrons. The third-order valence-electron chi connectivity index (χ3n) is 5.23. The van der Waals surface area contributed by atoms with Crippen LogP contribution >= 0.6 is 0 Å². The summed E-state index contributed by atoms with van der Waals surface area (Å²) in [4.78, 5) is 26.0. The lowest BCUT2D eigenvalue weighted by atomic mass is 9.77. The van der Waals surface area contributed by atoms with Crippen LogP contribution in [0.4, 0.5) is 9.18 Å². The first-order valence-electron chi connectivity index (χ1n) is 9.06. The van der Waals surface area contributed by atoms with Crippen LogP contribution in [0.25, 0.3) is 5.69 Å². The highest BCUT2D eigenvalue weighted by molar-refractivity contribution is 5.82. The fraction of sp³-hybridized carbons (Fsp3) is 0.421. The molecule has 3 N–H and O–H groups in total. The van der Waals surface area contributed by atoms with Crippen molar-refractivity contribution in [2.24, 2.45) is 11.1 Å². The summed E-state index contributed by atoms with van der Waals surface area (Å²) in [5, 5.41) is 7.10. The van der Waals surface area contributed by atoms with Gasteiger partial charge in [-0.25, -0.2) is 13.9 Å². The van der Waals surface area contributed by atoms with Crippen LogP contribution in [-0.4, -0.2) is 39.7 Å². The molecule has 0 bridgehead atoms. The Kier molecular flexibility index (Phi) is 5.43. The van der Waals surface area contributed by atoms with E-state index in [9.17, 15) is 14.0 Å². The van der Waals surface area contributed by atoms with Crippen molar-refractivity contribution in [3.05, 3.63) is 48.0 Å². The first kappa shape index (κ1) is 18.9. The first-order chi connectivity index (χ1) is 12.9. The van der Waals surface area contributed by atoms with Crippen LogP contribution in [0.1, 0.15) is 31.7 Å². The monoisotopic (exact) mass is 373 g/mol. The number of urea groups is 1. The minimum absolute atomic E-state index is 0.219. The van der Waals surface area contributed by atoms with Crippen molar-refractivity contribution in [3.63, 3.8) is 0 Å². The Morgan fingerprint density at radius 1 is 1.33 bits per heavy atom. The first-order valence-corrected chi connectivity index (χ1v) is 9.06. The second-order valence-electron chi connectivity index (χ2n) is 6.95. The number of hydrogen-bond acceptors (Lipinski definition) is 3. The molecule has 1 aromatic carbocycles. The van der Waals surface area contributed by atoms with Crippen LogP contribution in [0.15, 0.2) is 36.7 Å².